The standard InChI is InChI=1S/C20H28F3N5/c1-4-6-7-8-9-13-17-26-18(28-19(27-17)24-14(3)5-2)15-11-10-12-16(25-15)20(21,22)23/h10-12,14H,4-9,13H2,1-3H3,(H,24,26,27,28)/t14-/m1/s1. The molecule has 0 aliphatic rings. The van der Waals surface area contributed by atoms with Crippen LogP contribution < -0.4 is 5.32 Å². The minimum absolute atomic E-state index is 0.0941. The lowest BCUT2D eigenvalue weighted by molar-refractivity contribution is -0.141. The Bertz CT molecular complexity index is 749. The molecule has 0 spiro atoms. The highest BCUT2D eigenvalue weighted by Gasteiger charge is 2.32. The molecular formula is C20H28F3N5. The Labute approximate surface area is 164 Å². The van der Waals surface area contributed by atoms with Gasteiger partial charge in [0.1, 0.15) is 17.2 Å². The second kappa shape index (κ2) is 10.3. The van der Waals surface area contributed by atoms with Crippen LogP contribution in [0.15, 0.2) is 18.2 Å². The van der Waals surface area contributed by atoms with Crippen LogP contribution in [0.3, 0.4) is 0 Å². The summed E-state index contributed by atoms with van der Waals surface area (Å²) >= 11 is 0. The molecule has 0 fully saturated rings. The molecule has 8 heteroatoms. The van der Waals surface area contributed by atoms with Crippen LogP contribution in [0.4, 0.5) is 19.1 Å². The Morgan fingerprint density at radius 3 is 2.39 bits per heavy atom. The highest BCUT2D eigenvalue weighted by atomic mass is 19.4. The number of aromatic nitrogens is 4. The van der Waals surface area contributed by atoms with E-state index < -0.39 is 11.9 Å². The SMILES string of the molecule is CCCCCCCc1nc(N[C@H](C)CC)nc(-c2cccc(C(F)(F)F)n2)n1. The second-order valence-electron chi connectivity index (χ2n) is 6.92. The maximum absolute atomic E-state index is 13.0. The first-order valence-corrected chi connectivity index (χ1v) is 9.89. The number of nitrogens with one attached hydrogen (secondary N) is 1. The summed E-state index contributed by atoms with van der Waals surface area (Å²) in [6.45, 7) is 6.19. The van der Waals surface area contributed by atoms with Crippen molar-refractivity contribution in [3.05, 3.63) is 29.7 Å². The van der Waals surface area contributed by atoms with E-state index in [1.807, 2.05) is 13.8 Å². The van der Waals surface area contributed by atoms with Gasteiger partial charge in [0, 0.05) is 12.5 Å². The van der Waals surface area contributed by atoms with Crippen molar-refractivity contribution in [2.24, 2.45) is 0 Å². The van der Waals surface area contributed by atoms with Crippen molar-refractivity contribution in [2.45, 2.75) is 77.9 Å². The van der Waals surface area contributed by atoms with E-state index >= 15 is 0 Å². The predicted octanol–water partition coefficient (Wildman–Crippen LogP) is 5.68. The van der Waals surface area contributed by atoms with Crippen LogP contribution in [0, 0.1) is 0 Å². The summed E-state index contributed by atoms with van der Waals surface area (Å²) in [4.78, 5) is 16.9. The molecule has 28 heavy (non-hydrogen) atoms. The topological polar surface area (TPSA) is 63.6 Å². The van der Waals surface area contributed by atoms with Gasteiger partial charge in [0.25, 0.3) is 0 Å². The van der Waals surface area contributed by atoms with Crippen LogP contribution in [-0.4, -0.2) is 26.0 Å². The average molecular weight is 395 g/mol. The fraction of sp³-hybridized carbons (Fsp3) is 0.600. The monoisotopic (exact) mass is 395 g/mol. The number of pyridine rings is 1. The van der Waals surface area contributed by atoms with Gasteiger partial charge in [-0.05, 0) is 31.9 Å². The summed E-state index contributed by atoms with van der Waals surface area (Å²) in [5, 5.41) is 3.19. The van der Waals surface area contributed by atoms with Gasteiger partial charge in [-0.25, -0.2) is 9.97 Å². The minimum atomic E-state index is -4.51. The molecule has 0 unspecified atom stereocenters. The van der Waals surface area contributed by atoms with Crippen molar-refractivity contribution < 1.29 is 13.2 Å². The molecule has 0 aliphatic carbocycles. The van der Waals surface area contributed by atoms with E-state index in [4.69, 9.17) is 0 Å². The molecule has 2 aromatic rings. The van der Waals surface area contributed by atoms with Gasteiger partial charge in [0.15, 0.2) is 5.82 Å². The van der Waals surface area contributed by atoms with Gasteiger partial charge in [-0.2, -0.15) is 23.1 Å². The minimum Gasteiger partial charge on any atom is -0.352 e. The molecule has 2 aromatic heterocycles. The smallest absolute Gasteiger partial charge is 0.352 e. The molecule has 0 aromatic carbocycles. The zero-order valence-electron chi connectivity index (χ0n) is 16.7. The van der Waals surface area contributed by atoms with Gasteiger partial charge in [0.05, 0.1) is 0 Å². The van der Waals surface area contributed by atoms with Gasteiger partial charge >= 0.3 is 6.18 Å². The van der Waals surface area contributed by atoms with E-state index in [2.05, 4.69) is 32.2 Å². The quantitative estimate of drug-likeness (QED) is 0.525. The number of anilines is 1. The molecule has 0 amide bonds. The molecular weight excluding hydrogens is 367 g/mol. The number of hydrogen-bond donors (Lipinski definition) is 1. The van der Waals surface area contributed by atoms with E-state index in [1.54, 1.807) is 0 Å². The first-order chi connectivity index (χ1) is 13.3. The van der Waals surface area contributed by atoms with Gasteiger partial charge in [0.2, 0.25) is 5.95 Å². The maximum atomic E-state index is 13.0. The van der Waals surface area contributed by atoms with Crippen LogP contribution in [0.2, 0.25) is 0 Å². The molecule has 0 saturated heterocycles. The van der Waals surface area contributed by atoms with Gasteiger partial charge in [-0.15, -0.1) is 0 Å². The van der Waals surface area contributed by atoms with Crippen LogP contribution in [0.25, 0.3) is 11.5 Å². The maximum Gasteiger partial charge on any atom is 0.433 e. The summed E-state index contributed by atoms with van der Waals surface area (Å²) < 4.78 is 39.0. The molecule has 1 atom stereocenters. The lowest BCUT2D eigenvalue weighted by atomic mass is 10.1. The van der Waals surface area contributed by atoms with E-state index in [0.717, 1.165) is 31.7 Å². The van der Waals surface area contributed by atoms with Gasteiger partial charge < -0.3 is 5.32 Å². The largest absolute Gasteiger partial charge is 0.433 e. The molecule has 2 rings (SSSR count). The van der Waals surface area contributed by atoms with Crippen molar-refractivity contribution in [1.29, 1.82) is 0 Å². The molecule has 0 radical (unpaired) electrons. The Kier molecular flexibility index (Phi) is 8.14. The first-order valence-electron chi connectivity index (χ1n) is 9.89. The van der Waals surface area contributed by atoms with Crippen LogP contribution >= 0.6 is 0 Å². The first kappa shape index (κ1) is 22.0. The lowest BCUT2D eigenvalue weighted by Crippen LogP contribution is -2.17. The van der Waals surface area contributed by atoms with E-state index in [-0.39, 0.29) is 17.6 Å². The summed E-state index contributed by atoms with van der Waals surface area (Å²) in [7, 11) is 0. The third kappa shape index (κ3) is 6.73. The Hall–Kier alpha value is -2.25. The van der Waals surface area contributed by atoms with Crippen molar-refractivity contribution >= 4 is 5.95 Å². The number of hydrogen-bond acceptors (Lipinski definition) is 5. The Balaban J connectivity index is 2.29. The summed E-state index contributed by atoms with van der Waals surface area (Å²) in [6.07, 6.45) is 2.54. The predicted molar refractivity (Wildman–Crippen MR) is 104 cm³/mol. The van der Waals surface area contributed by atoms with E-state index in [1.165, 1.54) is 25.0 Å². The Morgan fingerprint density at radius 1 is 0.964 bits per heavy atom. The van der Waals surface area contributed by atoms with Crippen LogP contribution in [-0.2, 0) is 12.6 Å². The van der Waals surface area contributed by atoms with Gasteiger partial charge in [-0.1, -0.05) is 45.6 Å². The molecule has 0 bridgehead atoms. The summed E-state index contributed by atoms with van der Waals surface area (Å²) in [5.41, 5.74) is -0.861. The molecule has 5 nitrogen and oxygen atoms in total. The number of halogens is 3. The summed E-state index contributed by atoms with van der Waals surface area (Å²) in [5.74, 6) is 1.11. The summed E-state index contributed by atoms with van der Waals surface area (Å²) in [6, 6.07) is 3.89. The normalized spacial score (nSPS) is 12.8. The molecule has 0 saturated carbocycles. The molecule has 1 N–H and O–H groups in total. The van der Waals surface area contributed by atoms with Crippen LogP contribution in [0.5, 0.6) is 0 Å². The van der Waals surface area contributed by atoms with Crippen molar-refractivity contribution in [2.75, 3.05) is 5.32 Å². The second-order valence-corrected chi connectivity index (χ2v) is 6.92. The number of rotatable bonds is 10. The average Bonchev–Trinajstić information content (AvgIpc) is 2.67. The van der Waals surface area contributed by atoms with E-state index in [9.17, 15) is 13.2 Å². The highest BCUT2D eigenvalue weighted by molar-refractivity contribution is 5.51. The lowest BCUT2D eigenvalue weighted by Gasteiger charge is -2.13. The number of aryl methyl sites for hydroxylation is 1. The van der Waals surface area contributed by atoms with Gasteiger partial charge in [-0.3, -0.25) is 0 Å². The number of alkyl halides is 3. The highest BCUT2D eigenvalue weighted by Crippen LogP contribution is 2.29. The zero-order valence-corrected chi connectivity index (χ0v) is 16.7. The third-order valence-electron chi connectivity index (χ3n) is 4.44. The molecule has 154 valence electrons. The third-order valence-corrected chi connectivity index (χ3v) is 4.44. The number of unbranched alkanes of at least 4 members (excludes halogenated alkanes) is 4. The van der Waals surface area contributed by atoms with Crippen molar-refractivity contribution in [1.82, 2.24) is 19.9 Å². The zero-order chi connectivity index (χ0) is 20.6. The molecule has 0 aliphatic heterocycles. The van der Waals surface area contributed by atoms with E-state index in [0.29, 0.717) is 18.2 Å². The fourth-order valence-electron chi connectivity index (χ4n) is 2.64. The van der Waals surface area contributed by atoms with Crippen molar-refractivity contribution in [3.63, 3.8) is 0 Å². The fourth-order valence-corrected chi connectivity index (χ4v) is 2.64. The van der Waals surface area contributed by atoms with Crippen molar-refractivity contribution in [3.8, 4) is 11.5 Å². The Morgan fingerprint density at radius 2 is 1.71 bits per heavy atom. The van der Waals surface area contributed by atoms with Crippen LogP contribution in [0.1, 0.15) is 70.8 Å². The molecule has 2 heterocycles. The number of nitrogens with zero attached hydrogens (tertiary/aromatic N) is 4.